The minimum absolute atomic E-state index is 0.0157. The van der Waals surface area contributed by atoms with Gasteiger partial charge in [0.1, 0.15) is 11.2 Å². The highest BCUT2D eigenvalue weighted by Gasteiger charge is 2.44. The largest absolute Gasteiger partial charge is 0.394 e. The van der Waals surface area contributed by atoms with Gasteiger partial charge in [-0.05, 0) is 52.4 Å². The van der Waals surface area contributed by atoms with Crippen LogP contribution in [0.2, 0.25) is 0 Å². The van der Waals surface area contributed by atoms with E-state index >= 15 is 0 Å². The summed E-state index contributed by atoms with van der Waals surface area (Å²) in [6.07, 6.45) is 9.89. The van der Waals surface area contributed by atoms with Crippen LogP contribution in [0, 0.1) is 0 Å². The SMILES string of the molecule is CCCCC(C)OCC1(COCC2(COC(C)CCCC)CCC(CO)O2)CCC(CO)O1. The summed E-state index contributed by atoms with van der Waals surface area (Å²) < 4.78 is 31.0. The molecule has 0 bridgehead atoms. The summed E-state index contributed by atoms with van der Waals surface area (Å²) in [6, 6.07) is 0. The van der Waals surface area contributed by atoms with Crippen molar-refractivity contribution >= 4 is 0 Å². The molecule has 0 spiro atoms. The molecule has 0 aromatic carbocycles. The fraction of sp³-hybridized carbons (Fsp3) is 1.00. The van der Waals surface area contributed by atoms with Crippen molar-refractivity contribution in [2.75, 3.05) is 39.6 Å². The van der Waals surface area contributed by atoms with Gasteiger partial charge in [0.15, 0.2) is 0 Å². The van der Waals surface area contributed by atoms with Gasteiger partial charge in [0.2, 0.25) is 0 Å². The van der Waals surface area contributed by atoms with Gasteiger partial charge < -0.3 is 33.9 Å². The van der Waals surface area contributed by atoms with Gasteiger partial charge in [0, 0.05) is 0 Å². The lowest BCUT2D eigenvalue weighted by Gasteiger charge is -2.34. The molecule has 2 N–H and O–H groups in total. The van der Waals surface area contributed by atoms with E-state index in [2.05, 4.69) is 27.7 Å². The first-order valence-electron chi connectivity index (χ1n) is 13.3. The molecule has 2 fully saturated rings. The Hall–Kier alpha value is -0.280. The highest BCUT2D eigenvalue weighted by Crippen LogP contribution is 2.35. The van der Waals surface area contributed by atoms with E-state index in [1.54, 1.807) is 0 Å². The van der Waals surface area contributed by atoms with Crippen LogP contribution in [-0.2, 0) is 23.7 Å². The molecule has 7 nitrogen and oxygen atoms in total. The van der Waals surface area contributed by atoms with E-state index in [9.17, 15) is 10.2 Å². The molecule has 6 atom stereocenters. The Labute approximate surface area is 201 Å². The minimum Gasteiger partial charge on any atom is -0.394 e. The number of rotatable bonds is 18. The Morgan fingerprint density at radius 2 is 1.18 bits per heavy atom. The van der Waals surface area contributed by atoms with Gasteiger partial charge in [-0.3, -0.25) is 0 Å². The quantitative estimate of drug-likeness (QED) is 0.310. The molecule has 33 heavy (non-hydrogen) atoms. The smallest absolute Gasteiger partial charge is 0.115 e. The van der Waals surface area contributed by atoms with E-state index in [4.69, 9.17) is 23.7 Å². The summed E-state index contributed by atoms with van der Waals surface area (Å²) in [5.74, 6) is 0. The number of hydrogen-bond donors (Lipinski definition) is 2. The van der Waals surface area contributed by atoms with Crippen molar-refractivity contribution in [2.24, 2.45) is 0 Å². The zero-order chi connectivity index (χ0) is 24.2. The zero-order valence-corrected chi connectivity index (χ0v) is 21.6. The molecule has 2 rings (SSSR count). The fourth-order valence-electron chi connectivity index (χ4n) is 4.72. The predicted molar refractivity (Wildman–Crippen MR) is 129 cm³/mol. The van der Waals surface area contributed by atoms with E-state index < -0.39 is 11.2 Å². The summed E-state index contributed by atoms with van der Waals surface area (Å²) >= 11 is 0. The molecule has 2 aliphatic heterocycles. The molecule has 0 amide bonds. The molecular weight excluding hydrogens is 424 g/mol. The second-order valence-electron chi connectivity index (χ2n) is 10.3. The fourth-order valence-corrected chi connectivity index (χ4v) is 4.72. The Balaban J connectivity index is 1.93. The third-order valence-corrected chi connectivity index (χ3v) is 7.00. The molecule has 6 unspecified atom stereocenters. The van der Waals surface area contributed by atoms with Gasteiger partial charge in [-0.25, -0.2) is 0 Å². The average Bonchev–Trinajstić information content (AvgIpc) is 3.44. The molecule has 0 aromatic heterocycles. The van der Waals surface area contributed by atoms with Crippen molar-refractivity contribution in [3.05, 3.63) is 0 Å². The molecule has 0 aliphatic carbocycles. The van der Waals surface area contributed by atoms with Gasteiger partial charge in [0.25, 0.3) is 0 Å². The topological polar surface area (TPSA) is 86.6 Å². The molecule has 0 aromatic rings. The lowest BCUT2D eigenvalue weighted by atomic mass is 10.00. The van der Waals surface area contributed by atoms with Crippen molar-refractivity contribution in [1.29, 1.82) is 0 Å². The number of ether oxygens (including phenoxy) is 5. The van der Waals surface area contributed by atoms with Crippen LogP contribution < -0.4 is 0 Å². The van der Waals surface area contributed by atoms with Gasteiger partial charge >= 0.3 is 0 Å². The van der Waals surface area contributed by atoms with Gasteiger partial charge in [-0.2, -0.15) is 0 Å². The van der Waals surface area contributed by atoms with Crippen LogP contribution >= 0.6 is 0 Å². The predicted octanol–water partition coefficient (Wildman–Crippen LogP) is 4.01. The zero-order valence-electron chi connectivity index (χ0n) is 21.6. The van der Waals surface area contributed by atoms with Crippen LogP contribution in [0.3, 0.4) is 0 Å². The summed E-state index contributed by atoms with van der Waals surface area (Å²) in [7, 11) is 0. The Morgan fingerprint density at radius 3 is 1.52 bits per heavy atom. The second-order valence-corrected chi connectivity index (χ2v) is 10.3. The van der Waals surface area contributed by atoms with Crippen LogP contribution in [0.4, 0.5) is 0 Å². The Bertz CT molecular complexity index is 475. The molecule has 2 heterocycles. The van der Waals surface area contributed by atoms with Crippen LogP contribution in [0.1, 0.15) is 91.9 Å². The van der Waals surface area contributed by atoms with Crippen molar-refractivity contribution in [3.8, 4) is 0 Å². The van der Waals surface area contributed by atoms with Crippen molar-refractivity contribution in [2.45, 2.75) is 128 Å². The maximum atomic E-state index is 9.60. The van der Waals surface area contributed by atoms with E-state index in [0.29, 0.717) is 26.4 Å². The highest BCUT2D eigenvalue weighted by atomic mass is 16.6. The van der Waals surface area contributed by atoms with Crippen LogP contribution in [0.5, 0.6) is 0 Å². The molecule has 2 saturated heterocycles. The van der Waals surface area contributed by atoms with Crippen molar-refractivity contribution in [3.63, 3.8) is 0 Å². The average molecular weight is 475 g/mol. The molecule has 0 saturated carbocycles. The molecule has 7 heteroatoms. The normalized spacial score (nSPS) is 31.8. The number of unbranched alkanes of at least 4 members (excludes halogenated alkanes) is 2. The van der Waals surface area contributed by atoms with Crippen LogP contribution in [0.25, 0.3) is 0 Å². The van der Waals surface area contributed by atoms with Crippen LogP contribution in [-0.4, -0.2) is 85.5 Å². The third kappa shape index (κ3) is 9.71. The molecular formula is C26H50O7. The maximum absolute atomic E-state index is 9.60. The second kappa shape index (κ2) is 15.0. The van der Waals surface area contributed by atoms with Gasteiger partial charge in [-0.1, -0.05) is 39.5 Å². The molecule has 196 valence electrons. The lowest BCUT2D eigenvalue weighted by molar-refractivity contribution is -0.177. The van der Waals surface area contributed by atoms with Crippen molar-refractivity contribution < 1.29 is 33.9 Å². The Morgan fingerprint density at radius 1 is 0.758 bits per heavy atom. The molecule has 2 aliphatic rings. The van der Waals surface area contributed by atoms with Crippen LogP contribution in [0.15, 0.2) is 0 Å². The first-order chi connectivity index (χ1) is 15.9. The third-order valence-electron chi connectivity index (χ3n) is 7.00. The maximum Gasteiger partial charge on any atom is 0.115 e. The summed E-state index contributed by atoms with van der Waals surface area (Å²) in [5.41, 5.74) is -1.08. The monoisotopic (exact) mass is 474 g/mol. The number of hydrogen-bond acceptors (Lipinski definition) is 7. The summed E-state index contributed by atoms with van der Waals surface area (Å²) in [4.78, 5) is 0. The summed E-state index contributed by atoms with van der Waals surface area (Å²) in [5, 5.41) is 19.2. The highest BCUT2D eigenvalue weighted by molar-refractivity contribution is 4.92. The minimum atomic E-state index is -0.542. The van der Waals surface area contributed by atoms with E-state index in [0.717, 1.165) is 64.2 Å². The summed E-state index contributed by atoms with van der Waals surface area (Å²) in [6.45, 7) is 10.3. The van der Waals surface area contributed by atoms with Gasteiger partial charge in [0.05, 0.1) is 64.1 Å². The molecule has 0 radical (unpaired) electrons. The van der Waals surface area contributed by atoms with E-state index in [1.165, 1.54) is 0 Å². The number of aliphatic hydroxyl groups excluding tert-OH is 2. The van der Waals surface area contributed by atoms with E-state index in [1.807, 2.05) is 0 Å². The standard InChI is InChI=1S/C26H50O7/c1-5-7-9-21(3)30-19-25(13-11-23(15-27)32-25)17-29-18-26(14-12-24(16-28)33-26)20-31-22(4)10-8-6-2/h21-24,27-28H,5-20H2,1-4H3. The lowest BCUT2D eigenvalue weighted by Crippen LogP contribution is -2.46. The van der Waals surface area contributed by atoms with Gasteiger partial charge in [-0.15, -0.1) is 0 Å². The van der Waals surface area contributed by atoms with E-state index in [-0.39, 0.29) is 37.6 Å². The first-order valence-corrected chi connectivity index (χ1v) is 13.3. The van der Waals surface area contributed by atoms with Crippen molar-refractivity contribution in [1.82, 2.24) is 0 Å². The Kier molecular flexibility index (Phi) is 13.1. The first kappa shape index (κ1) is 29.0. The number of aliphatic hydroxyl groups is 2.